The zero-order valence-electron chi connectivity index (χ0n) is 20.1. The second-order valence-corrected chi connectivity index (χ2v) is 9.10. The van der Waals surface area contributed by atoms with Crippen molar-refractivity contribution in [1.29, 1.82) is 0 Å². The van der Waals surface area contributed by atoms with Gasteiger partial charge in [-0.15, -0.1) is 0 Å². The first-order valence-corrected chi connectivity index (χ1v) is 11.0. The lowest BCUT2D eigenvalue weighted by Gasteiger charge is -2.31. The second-order valence-electron chi connectivity index (χ2n) is 9.10. The van der Waals surface area contributed by atoms with E-state index in [2.05, 4.69) is 15.2 Å². The summed E-state index contributed by atoms with van der Waals surface area (Å²) in [7, 11) is 0. The quantitative estimate of drug-likeness (QED) is 0.672. The Morgan fingerprint density at radius 2 is 1.57 bits per heavy atom. The van der Waals surface area contributed by atoms with E-state index in [0.29, 0.717) is 32.7 Å². The third-order valence-corrected chi connectivity index (χ3v) is 6.26. The number of ether oxygens (including phenoxy) is 1. The zero-order valence-corrected chi connectivity index (χ0v) is 20.1. The van der Waals surface area contributed by atoms with E-state index in [9.17, 15) is 18.0 Å². The maximum Gasteiger partial charge on any atom is 0.490 e. The van der Waals surface area contributed by atoms with Crippen LogP contribution in [-0.4, -0.2) is 76.1 Å². The van der Waals surface area contributed by atoms with Crippen LogP contribution in [0, 0.1) is 33.1 Å². The molecule has 0 bridgehead atoms. The van der Waals surface area contributed by atoms with Gasteiger partial charge < -0.3 is 23.8 Å². The van der Waals surface area contributed by atoms with E-state index in [4.69, 9.17) is 23.7 Å². The molecular formula is C22H29F3N4O6. The summed E-state index contributed by atoms with van der Waals surface area (Å²) >= 11 is 0. The second kappa shape index (κ2) is 10.4. The average Bonchev–Trinajstić information content (AvgIpc) is 3.30. The van der Waals surface area contributed by atoms with E-state index in [1.165, 1.54) is 0 Å². The van der Waals surface area contributed by atoms with Gasteiger partial charge in [0.15, 0.2) is 0 Å². The fourth-order valence-electron chi connectivity index (χ4n) is 4.41. The summed E-state index contributed by atoms with van der Waals surface area (Å²) in [5.41, 5.74) is 3.73. The number of aromatic nitrogens is 2. The average molecular weight is 502 g/mol. The molecule has 4 heterocycles. The van der Waals surface area contributed by atoms with E-state index in [1.807, 2.05) is 32.6 Å². The highest BCUT2D eigenvalue weighted by molar-refractivity contribution is 5.79. The molecule has 194 valence electrons. The highest BCUT2D eigenvalue weighted by atomic mass is 19.4. The Balaban J connectivity index is 0.000000429. The van der Waals surface area contributed by atoms with Crippen molar-refractivity contribution in [3.05, 3.63) is 34.0 Å². The molecular weight excluding hydrogens is 473 g/mol. The predicted molar refractivity (Wildman–Crippen MR) is 114 cm³/mol. The van der Waals surface area contributed by atoms with Crippen LogP contribution in [0.3, 0.4) is 0 Å². The smallest absolute Gasteiger partial charge is 0.475 e. The van der Waals surface area contributed by atoms with Crippen LogP contribution in [0.4, 0.5) is 13.2 Å². The molecule has 2 fully saturated rings. The number of halogens is 3. The molecule has 1 amide bonds. The molecule has 13 heteroatoms. The molecule has 1 unspecified atom stereocenters. The number of carbonyl (C=O) groups is 2. The van der Waals surface area contributed by atoms with Gasteiger partial charge in [-0.2, -0.15) is 13.2 Å². The van der Waals surface area contributed by atoms with Crippen LogP contribution in [0.5, 0.6) is 0 Å². The van der Waals surface area contributed by atoms with Crippen molar-refractivity contribution >= 4 is 11.9 Å². The summed E-state index contributed by atoms with van der Waals surface area (Å²) < 4.78 is 48.2. The Hall–Kier alpha value is -2.93. The number of aryl methyl sites for hydroxylation is 4. The van der Waals surface area contributed by atoms with Gasteiger partial charge in [-0.05, 0) is 27.7 Å². The molecule has 0 aromatic carbocycles. The minimum absolute atomic E-state index is 0.169. The fourth-order valence-corrected chi connectivity index (χ4v) is 4.41. The van der Waals surface area contributed by atoms with Gasteiger partial charge in [0, 0.05) is 49.1 Å². The van der Waals surface area contributed by atoms with Crippen LogP contribution in [-0.2, 0) is 27.4 Å². The molecule has 2 aromatic rings. The van der Waals surface area contributed by atoms with Crippen molar-refractivity contribution in [2.75, 3.05) is 32.8 Å². The van der Waals surface area contributed by atoms with Gasteiger partial charge in [-0.1, -0.05) is 10.3 Å². The number of hydrogen-bond acceptors (Lipinski definition) is 8. The largest absolute Gasteiger partial charge is 0.490 e. The Morgan fingerprint density at radius 3 is 2.06 bits per heavy atom. The summed E-state index contributed by atoms with van der Waals surface area (Å²) in [5, 5.41) is 15.2. The number of carboxylic acid groups (broad SMARTS) is 1. The lowest BCUT2D eigenvalue weighted by molar-refractivity contribution is -0.192. The first-order chi connectivity index (χ1) is 16.3. The van der Waals surface area contributed by atoms with Gasteiger partial charge in [0.1, 0.15) is 11.5 Å². The molecule has 1 spiro atoms. The SMILES string of the molecule is Cc1noc(C)c1CN1CCOCC2(CC(=O)N(Cc3c(C)noc3C)C2)C1.O=C(O)C(F)(F)F. The molecule has 2 saturated heterocycles. The number of amides is 1. The van der Waals surface area contributed by atoms with Crippen LogP contribution >= 0.6 is 0 Å². The summed E-state index contributed by atoms with van der Waals surface area (Å²) in [5.74, 6) is -0.946. The number of rotatable bonds is 4. The van der Waals surface area contributed by atoms with Crippen LogP contribution in [0.15, 0.2) is 9.05 Å². The van der Waals surface area contributed by atoms with Gasteiger partial charge >= 0.3 is 12.1 Å². The van der Waals surface area contributed by atoms with Gasteiger partial charge in [0.25, 0.3) is 0 Å². The van der Waals surface area contributed by atoms with E-state index in [1.54, 1.807) is 0 Å². The molecule has 0 aliphatic carbocycles. The summed E-state index contributed by atoms with van der Waals surface area (Å²) in [4.78, 5) is 26.0. The maximum atomic E-state index is 12.8. The number of carbonyl (C=O) groups excluding carboxylic acids is 1. The first kappa shape index (κ1) is 26.7. The Labute approximate surface area is 199 Å². The van der Waals surface area contributed by atoms with Crippen molar-refractivity contribution in [3.63, 3.8) is 0 Å². The van der Waals surface area contributed by atoms with Crippen LogP contribution in [0.1, 0.15) is 40.5 Å². The normalized spacial score (nSPS) is 21.2. The standard InChI is InChI=1S/C20H28N4O4.C2HF3O2/c1-13-17(15(3)27-21-13)8-23-5-6-26-12-20(10-23)7-19(25)24(11-20)9-18-14(2)22-28-16(18)4;3-2(4,5)1(6)7/h5-12H2,1-4H3;(H,6,7). The molecule has 10 nitrogen and oxygen atoms in total. The van der Waals surface area contributed by atoms with E-state index >= 15 is 0 Å². The molecule has 0 radical (unpaired) electrons. The fraction of sp³-hybridized carbons (Fsp3) is 0.636. The third kappa shape index (κ3) is 6.40. The molecule has 4 rings (SSSR count). The van der Waals surface area contributed by atoms with Crippen molar-refractivity contribution < 1.29 is 41.6 Å². The number of likely N-dealkylation sites (tertiary alicyclic amines) is 1. The Bertz CT molecular complexity index is 1030. The monoisotopic (exact) mass is 502 g/mol. The molecule has 2 aromatic heterocycles. The van der Waals surface area contributed by atoms with Gasteiger partial charge in [0.2, 0.25) is 5.91 Å². The Morgan fingerprint density at radius 1 is 1.03 bits per heavy atom. The minimum Gasteiger partial charge on any atom is -0.475 e. The number of aliphatic carboxylic acids is 1. The van der Waals surface area contributed by atoms with Crippen LogP contribution < -0.4 is 0 Å². The maximum absolute atomic E-state index is 12.8. The first-order valence-electron chi connectivity index (χ1n) is 11.0. The van der Waals surface area contributed by atoms with Crippen molar-refractivity contribution in [1.82, 2.24) is 20.1 Å². The van der Waals surface area contributed by atoms with E-state index in [-0.39, 0.29) is 11.3 Å². The zero-order chi connectivity index (χ0) is 26.0. The lowest BCUT2D eigenvalue weighted by atomic mass is 9.87. The van der Waals surface area contributed by atoms with Crippen LogP contribution in [0.25, 0.3) is 0 Å². The van der Waals surface area contributed by atoms with Gasteiger partial charge in [-0.25, -0.2) is 4.79 Å². The topological polar surface area (TPSA) is 122 Å². The summed E-state index contributed by atoms with van der Waals surface area (Å²) in [6.07, 6.45) is -4.57. The molecule has 35 heavy (non-hydrogen) atoms. The van der Waals surface area contributed by atoms with Crippen molar-refractivity contribution in [2.45, 2.75) is 53.4 Å². The van der Waals surface area contributed by atoms with Crippen molar-refractivity contribution in [3.8, 4) is 0 Å². The number of hydrogen-bond donors (Lipinski definition) is 1. The number of nitrogens with zero attached hydrogens (tertiary/aromatic N) is 4. The number of carboxylic acids is 1. The third-order valence-electron chi connectivity index (χ3n) is 6.26. The van der Waals surface area contributed by atoms with Crippen LogP contribution in [0.2, 0.25) is 0 Å². The van der Waals surface area contributed by atoms with E-state index in [0.717, 1.165) is 53.7 Å². The number of alkyl halides is 3. The highest BCUT2D eigenvalue weighted by Gasteiger charge is 2.46. The van der Waals surface area contributed by atoms with E-state index < -0.39 is 12.1 Å². The van der Waals surface area contributed by atoms with Gasteiger partial charge in [0.05, 0.1) is 31.1 Å². The molecule has 1 N–H and O–H groups in total. The summed E-state index contributed by atoms with van der Waals surface area (Å²) in [6, 6.07) is 0. The Kier molecular flexibility index (Phi) is 7.90. The molecule has 2 aliphatic heterocycles. The predicted octanol–water partition coefficient (Wildman–Crippen LogP) is 2.78. The molecule has 1 atom stereocenters. The summed E-state index contributed by atoms with van der Waals surface area (Å²) in [6.45, 7) is 12.7. The molecule has 0 saturated carbocycles. The highest BCUT2D eigenvalue weighted by Crippen LogP contribution is 2.36. The minimum atomic E-state index is -5.08. The molecule has 2 aliphatic rings. The van der Waals surface area contributed by atoms with Gasteiger partial charge in [-0.3, -0.25) is 9.69 Å². The lowest BCUT2D eigenvalue weighted by Crippen LogP contribution is -2.40. The van der Waals surface area contributed by atoms with Crippen molar-refractivity contribution in [2.24, 2.45) is 5.41 Å².